The van der Waals surface area contributed by atoms with Gasteiger partial charge in [-0.3, -0.25) is 4.79 Å². The molecule has 0 aliphatic carbocycles. The minimum absolute atomic E-state index is 0.00261. The number of carbonyl (C=O) groups excluding carboxylic acids is 2. The summed E-state index contributed by atoms with van der Waals surface area (Å²) in [5.74, 6) is -3.91. The monoisotopic (exact) mass is 625 g/mol. The lowest BCUT2D eigenvalue weighted by Gasteiger charge is -2.37. The third kappa shape index (κ3) is 6.30. The van der Waals surface area contributed by atoms with E-state index in [1.54, 1.807) is 24.3 Å². The molecule has 43 heavy (non-hydrogen) atoms. The maximum absolute atomic E-state index is 15.8. The van der Waals surface area contributed by atoms with Gasteiger partial charge in [0, 0.05) is 28.2 Å². The highest BCUT2D eigenvalue weighted by Gasteiger charge is 2.61. The number of amides is 1. The van der Waals surface area contributed by atoms with Crippen molar-refractivity contribution >= 4 is 46.3 Å². The van der Waals surface area contributed by atoms with Crippen LogP contribution < -0.4 is 10.6 Å². The van der Waals surface area contributed by atoms with Gasteiger partial charge in [-0.05, 0) is 53.3 Å². The molecule has 0 aromatic heterocycles. The standard InChI is InChI=1S/C33H31Cl2F2N3O3/c1-18(31(42)43-5)19-9-12-21(13-10-19)39-30(41)29-27(22-7-6-8-24(35)28(22)37)33(17-38,26(40-29)16-32(2,3)4)23-14-11-20(34)15-25(23)36/h6-15,26-27,29,40H,1,16H2,2-5H3,(H,39,41)/t26-,27-,29+,33-/m0/s1. The quantitative estimate of drug-likeness (QED) is 0.211. The topological polar surface area (TPSA) is 91.2 Å². The van der Waals surface area contributed by atoms with Gasteiger partial charge in [-0.2, -0.15) is 5.26 Å². The van der Waals surface area contributed by atoms with E-state index >= 15 is 8.78 Å². The molecule has 1 aliphatic rings. The summed E-state index contributed by atoms with van der Waals surface area (Å²) >= 11 is 12.3. The summed E-state index contributed by atoms with van der Waals surface area (Å²) in [7, 11) is 1.25. The summed E-state index contributed by atoms with van der Waals surface area (Å²) in [6.07, 6.45) is 0.343. The zero-order valence-corrected chi connectivity index (χ0v) is 25.6. The van der Waals surface area contributed by atoms with Crippen molar-refractivity contribution in [2.75, 3.05) is 12.4 Å². The van der Waals surface area contributed by atoms with Crippen LogP contribution >= 0.6 is 23.2 Å². The molecule has 10 heteroatoms. The number of nitrogens with one attached hydrogen (secondary N) is 2. The molecule has 4 atom stereocenters. The number of methoxy groups -OCH3 is 1. The number of hydrogen-bond acceptors (Lipinski definition) is 5. The van der Waals surface area contributed by atoms with Crippen molar-refractivity contribution in [2.45, 2.75) is 50.6 Å². The van der Waals surface area contributed by atoms with Crippen LogP contribution in [0.3, 0.4) is 0 Å². The van der Waals surface area contributed by atoms with Gasteiger partial charge in [0.05, 0.1) is 29.8 Å². The van der Waals surface area contributed by atoms with Crippen LogP contribution in [0, 0.1) is 28.4 Å². The van der Waals surface area contributed by atoms with Crippen molar-refractivity contribution in [3.8, 4) is 6.07 Å². The second-order valence-corrected chi connectivity index (χ2v) is 12.6. The Bertz CT molecular complexity index is 1620. The van der Waals surface area contributed by atoms with Gasteiger partial charge in [0.2, 0.25) is 5.91 Å². The molecule has 1 aliphatic heterocycles. The van der Waals surface area contributed by atoms with Crippen LogP contribution in [0.5, 0.6) is 0 Å². The molecule has 1 amide bonds. The molecule has 0 bridgehead atoms. The summed E-state index contributed by atoms with van der Waals surface area (Å²) in [5.41, 5.74) is -1.11. The third-order valence-electron chi connectivity index (χ3n) is 7.66. The van der Waals surface area contributed by atoms with Gasteiger partial charge in [-0.1, -0.05) is 80.9 Å². The Morgan fingerprint density at radius 1 is 1.12 bits per heavy atom. The van der Waals surface area contributed by atoms with Crippen LogP contribution in [-0.2, 0) is 19.7 Å². The normalized spacial score (nSPS) is 21.6. The van der Waals surface area contributed by atoms with E-state index in [0.29, 0.717) is 17.7 Å². The number of rotatable bonds is 7. The van der Waals surface area contributed by atoms with Gasteiger partial charge in [0.25, 0.3) is 0 Å². The number of esters is 1. The average molecular weight is 627 g/mol. The SMILES string of the molecule is C=C(C(=O)OC)c1ccc(NC(=O)[C@@H]2N[C@@H](CC(C)(C)C)[C@](C#N)(c3ccc(Cl)cc3F)[C@H]2c2cccc(Cl)c2F)cc1. The van der Waals surface area contributed by atoms with Crippen LogP contribution in [0.2, 0.25) is 10.0 Å². The fraction of sp³-hybridized carbons (Fsp3) is 0.303. The fourth-order valence-corrected chi connectivity index (χ4v) is 6.11. The van der Waals surface area contributed by atoms with Crippen molar-refractivity contribution in [1.29, 1.82) is 5.26 Å². The summed E-state index contributed by atoms with van der Waals surface area (Å²) in [6, 6.07) is 15.0. The van der Waals surface area contributed by atoms with E-state index in [4.69, 9.17) is 27.9 Å². The van der Waals surface area contributed by atoms with Crippen molar-refractivity contribution in [3.05, 3.63) is 106 Å². The maximum atomic E-state index is 15.8. The molecule has 2 N–H and O–H groups in total. The number of benzene rings is 3. The van der Waals surface area contributed by atoms with E-state index in [2.05, 4.69) is 23.3 Å². The minimum atomic E-state index is -1.74. The third-order valence-corrected chi connectivity index (χ3v) is 8.19. The van der Waals surface area contributed by atoms with Gasteiger partial charge in [0.15, 0.2) is 0 Å². The van der Waals surface area contributed by atoms with Crippen molar-refractivity contribution in [1.82, 2.24) is 5.32 Å². The first-order chi connectivity index (χ1) is 20.2. The van der Waals surface area contributed by atoms with Crippen LogP contribution in [0.25, 0.3) is 5.57 Å². The Morgan fingerprint density at radius 2 is 1.79 bits per heavy atom. The number of anilines is 1. The van der Waals surface area contributed by atoms with E-state index in [-0.39, 0.29) is 32.2 Å². The Morgan fingerprint density at radius 3 is 2.37 bits per heavy atom. The first-order valence-corrected chi connectivity index (χ1v) is 14.2. The van der Waals surface area contributed by atoms with Crippen molar-refractivity contribution in [2.24, 2.45) is 5.41 Å². The zero-order valence-electron chi connectivity index (χ0n) is 24.1. The van der Waals surface area contributed by atoms with E-state index in [9.17, 15) is 14.9 Å². The van der Waals surface area contributed by atoms with Gasteiger partial charge >= 0.3 is 5.97 Å². The summed E-state index contributed by atoms with van der Waals surface area (Å²) in [4.78, 5) is 25.9. The summed E-state index contributed by atoms with van der Waals surface area (Å²) in [6.45, 7) is 9.60. The van der Waals surface area contributed by atoms with Crippen LogP contribution in [-0.4, -0.2) is 31.1 Å². The molecule has 0 saturated carbocycles. The van der Waals surface area contributed by atoms with Crippen molar-refractivity contribution in [3.63, 3.8) is 0 Å². The maximum Gasteiger partial charge on any atom is 0.337 e. The molecular formula is C33H31Cl2F2N3O3. The lowest BCUT2D eigenvalue weighted by Crippen LogP contribution is -2.45. The lowest BCUT2D eigenvalue weighted by molar-refractivity contribution is -0.133. The molecule has 4 rings (SSSR count). The minimum Gasteiger partial charge on any atom is -0.465 e. The summed E-state index contributed by atoms with van der Waals surface area (Å²) < 4.78 is 36.3. The largest absolute Gasteiger partial charge is 0.465 e. The summed E-state index contributed by atoms with van der Waals surface area (Å²) in [5, 5.41) is 17.0. The van der Waals surface area contributed by atoms with Crippen LogP contribution in [0.1, 0.15) is 49.8 Å². The van der Waals surface area contributed by atoms with Gasteiger partial charge < -0.3 is 15.4 Å². The van der Waals surface area contributed by atoms with E-state index in [0.717, 1.165) is 6.07 Å². The molecular weight excluding hydrogens is 595 g/mol. The number of halogens is 4. The Hall–Kier alpha value is -3.77. The van der Waals surface area contributed by atoms with E-state index in [1.165, 1.54) is 37.4 Å². The van der Waals surface area contributed by atoms with Gasteiger partial charge in [0.1, 0.15) is 17.0 Å². The van der Waals surface area contributed by atoms with Crippen molar-refractivity contribution < 1.29 is 23.1 Å². The fourth-order valence-electron chi connectivity index (χ4n) is 5.77. The first-order valence-electron chi connectivity index (χ1n) is 13.5. The number of carbonyl (C=O) groups is 2. The second kappa shape index (κ2) is 12.5. The van der Waals surface area contributed by atoms with E-state index in [1.807, 2.05) is 20.8 Å². The molecule has 3 aromatic rings. The Kier molecular flexibility index (Phi) is 9.31. The Labute approximate surface area is 259 Å². The molecule has 0 radical (unpaired) electrons. The lowest BCUT2D eigenvalue weighted by atomic mass is 9.62. The molecule has 3 aromatic carbocycles. The average Bonchev–Trinajstić information content (AvgIpc) is 3.27. The first kappa shape index (κ1) is 32.2. The number of nitrogens with zero attached hydrogens (tertiary/aromatic N) is 1. The second-order valence-electron chi connectivity index (χ2n) is 11.7. The number of hydrogen-bond donors (Lipinski definition) is 2. The smallest absolute Gasteiger partial charge is 0.337 e. The Balaban J connectivity index is 1.86. The molecule has 0 unspecified atom stereocenters. The zero-order chi connectivity index (χ0) is 31.7. The molecule has 1 heterocycles. The highest BCUT2D eigenvalue weighted by molar-refractivity contribution is 6.31. The molecule has 1 saturated heterocycles. The predicted octanol–water partition coefficient (Wildman–Crippen LogP) is 7.42. The van der Waals surface area contributed by atoms with Crippen LogP contribution in [0.4, 0.5) is 14.5 Å². The van der Waals surface area contributed by atoms with E-state index < -0.39 is 46.9 Å². The van der Waals surface area contributed by atoms with Gasteiger partial charge in [-0.15, -0.1) is 0 Å². The highest BCUT2D eigenvalue weighted by atomic mass is 35.5. The molecule has 224 valence electrons. The van der Waals surface area contributed by atoms with Crippen LogP contribution in [0.15, 0.2) is 67.2 Å². The molecule has 1 fully saturated rings. The molecule has 6 nitrogen and oxygen atoms in total. The molecule has 0 spiro atoms. The van der Waals surface area contributed by atoms with Gasteiger partial charge in [-0.25, -0.2) is 13.6 Å². The highest BCUT2D eigenvalue weighted by Crippen LogP contribution is 2.52. The number of ether oxygens (including phenoxy) is 1. The predicted molar refractivity (Wildman–Crippen MR) is 164 cm³/mol. The number of nitriles is 1.